The van der Waals surface area contributed by atoms with Crippen LogP contribution in [-0.4, -0.2) is 11.6 Å². The molecule has 86 valence electrons. The fourth-order valence-electron chi connectivity index (χ4n) is 1.21. The van der Waals surface area contributed by atoms with Gasteiger partial charge in [-0.1, -0.05) is 42.5 Å². The fraction of sp³-hybridized carbons (Fsp3) is 0.250. The summed E-state index contributed by atoms with van der Waals surface area (Å²) in [5.41, 5.74) is 12.8. The van der Waals surface area contributed by atoms with Gasteiger partial charge in [0.1, 0.15) is 0 Å². The molecule has 0 heterocycles. The molecule has 4 heteroatoms. The van der Waals surface area contributed by atoms with E-state index in [4.69, 9.17) is 28.4 Å². The molecular formula is C12H16N2OS. The average molecular weight is 236 g/mol. The molecule has 0 radical (unpaired) electrons. The maximum absolute atomic E-state index is 5.67. The summed E-state index contributed by atoms with van der Waals surface area (Å²) in [6.07, 6.45) is 2.23. The minimum absolute atomic E-state index is 0.306. The maximum Gasteiger partial charge on any atom is 0.0979 e. The van der Waals surface area contributed by atoms with Crippen LogP contribution in [0.5, 0.6) is 0 Å². The highest BCUT2D eigenvalue weighted by molar-refractivity contribution is 7.80. The van der Waals surface area contributed by atoms with Crippen molar-refractivity contribution in [3.8, 4) is 0 Å². The second kappa shape index (κ2) is 6.98. The van der Waals surface area contributed by atoms with Crippen molar-refractivity contribution in [1.29, 1.82) is 0 Å². The highest BCUT2D eigenvalue weighted by Crippen LogP contribution is 2.02. The predicted molar refractivity (Wildman–Crippen MR) is 69.8 cm³/mol. The first-order valence-electron chi connectivity index (χ1n) is 5.05. The molecule has 0 atom stereocenters. The van der Waals surface area contributed by atoms with Crippen molar-refractivity contribution >= 4 is 17.2 Å². The molecular weight excluding hydrogens is 220 g/mol. The van der Waals surface area contributed by atoms with Crippen LogP contribution < -0.4 is 11.5 Å². The van der Waals surface area contributed by atoms with Crippen molar-refractivity contribution in [2.24, 2.45) is 11.5 Å². The van der Waals surface area contributed by atoms with Gasteiger partial charge in [0.2, 0.25) is 0 Å². The van der Waals surface area contributed by atoms with E-state index in [2.05, 4.69) is 0 Å². The number of benzene rings is 1. The number of thiocarbonyl (C=S) groups is 1. The van der Waals surface area contributed by atoms with Crippen LogP contribution in [0.15, 0.2) is 42.1 Å². The van der Waals surface area contributed by atoms with Crippen LogP contribution in [-0.2, 0) is 11.3 Å². The van der Waals surface area contributed by atoms with Gasteiger partial charge in [-0.2, -0.15) is 0 Å². The van der Waals surface area contributed by atoms with E-state index in [0.717, 1.165) is 5.56 Å². The van der Waals surface area contributed by atoms with Crippen molar-refractivity contribution in [1.82, 2.24) is 0 Å². The van der Waals surface area contributed by atoms with Gasteiger partial charge in [0.15, 0.2) is 0 Å². The smallest absolute Gasteiger partial charge is 0.0979 e. The summed E-state index contributed by atoms with van der Waals surface area (Å²) in [4.78, 5) is 0.306. The number of hydrogen-bond acceptors (Lipinski definition) is 3. The Morgan fingerprint density at radius 3 is 2.56 bits per heavy atom. The van der Waals surface area contributed by atoms with Crippen molar-refractivity contribution in [3.05, 3.63) is 47.7 Å². The summed E-state index contributed by atoms with van der Waals surface area (Å²) in [6, 6.07) is 9.99. The van der Waals surface area contributed by atoms with Gasteiger partial charge < -0.3 is 16.2 Å². The van der Waals surface area contributed by atoms with Gasteiger partial charge in [-0.25, -0.2) is 0 Å². The highest BCUT2D eigenvalue weighted by Gasteiger charge is 1.94. The molecule has 1 aromatic carbocycles. The molecule has 0 saturated heterocycles. The third-order valence-electron chi connectivity index (χ3n) is 1.97. The summed E-state index contributed by atoms with van der Waals surface area (Å²) < 4.78 is 5.47. The molecule has 0 unspecified atom stereocenters. The number of ether oxygens (including phenoxy) is 1. The van der Waals surface area contributed by atoms with Crippen LogP contribution in [0.3, 0.4) is 0 Å². The summed E-state index contributed by atoms with van der Waals surface area (Å²) >= 11 is 4.71. The van der Waals surface area contributed by atoms with Gasteiger partial charge in [0.25, 0.3) is 0 Å². The molecule has 0 amide bonds. The van der Waals surface area contributed by atoms with Gasteiger partial charge in [-0.05, 0) is 11.6 Å². The highest BCUT2D eigenvalue weighted by atomic mass is 32.1. The second-order valence-electron chi connectivity index (χ2n) is 3.41. The maximum atomic E-state index is 5.67. The van der Waals surface area contributed by atoms with Crippen LogP contribution in [0.1, 0.15) is 12.0 Å². The van der Waals surface area contributed by atoms with Gasteiger partial charge in [0.05, 0.1) is 18.2 Å². The molecule has 0 spiro atoms. The minimum atomic E-state index is 0.306. The Morgan fingerprint density at radius 1 is 1.25 bits per heavy atom. The van der Waals surface area contributed by atoms with E-state index in [0.29, 0.717) is 30.3 Å². The summed E-state index contributed by atoms with van der Waals surface area (Å²) in [7, 11) is 0. The van der Waals surface area contributed by atoms with E-state index < -0.39 is 0 Å². The molecule has 0 aliphatic carbocycles. The third kappa shape index (κ3) is 5.48. The number of nitrogens with two attached hydrogens (primary N) is 2. The molecule has 0 aliphatic rings. The molecule has 1 rings (SSSR count). The molecule has 0 bridgehead atoms. The van der Waals surface area contributed by atoms with Gasteiger partial charge in [-0.15, -0.1) is 0 Å². The number of hydrogen-bond donors (Lipinski definition) is 2. The first kappa shape index (κ1) is 12.7. The molecule has 4 N–H and O–H groups in total. The van der Waals surface area contributed by atoms with Gasteiger partial charge in [0, 0.05) is 12.1 Å². The van der Waals surface area contributed by atoms with E-state index in [-0.39, 0.29) is 0 Å². The van der Waals surface area contributed by atoms with E-state index in [9.17, 15) is 0 Å². The van der Waals surface area contributed by atoms with E-state index >= 15 is 0 Å². The van der Waals surface area contributed by atoms with Crippen molar-refractivity contribution in [2.75, 3.05) is 6.61 Å². The predicted octanol–water partition coefficient (Wildman–Crippen LogP) is 1.72. The van der Waals surface area contributed by atoms with Gasteiger partial charge >= 0.3 is 0 Å². The first-order chi connectivity index (χ1) is 7.68. The lowest BCUT2D eigenvalue weighted by Gasteiger charge is -2.04. The van der Waals surface area contributed by atoms with E-state index in [1.54, 1.807) is 6.08 Å². The monoisotopic (exact) mass is 236 g/mol. The molecule has 0 fully saturated rings. The van der Waals surface area contributed by atoms with Crippen LogP contribution >= 0.6 is 12.2 Å². The molecule has 0 saturated carbocycles. The minimum Gasteiger partial charge on any atom is -0.402 e. The van der Waals surface area contributed by atoms with E-state index in [1.807, 2.05) is 30.3 Å². The summed E-state index contributed by atoms with van der Waals surface area (Å²) in [5, 5.41) is 0. The Kier molecular flexibility index (Phi) is 5.53. The Balaban J connectivity index is 2.20. The second-order valence-corrected chi connectivity index (χ2v) is 3.88. The Bertz CT molecular complexity index is 363. The molecule has 16 heavy (non-hydrogen) atoms. The van der Waals surface area contributed by atoms with Crippen molar-refractivity contribution < 1.29 is 4.74 Å². The summed E-state index contributed by atoms with van der Waals surface area (Å²) in [6.45, 7) is 1.17. The largest absolute Gasteiger partial charge is 0.402 e. The van der Waals surface area contributed by atoms with Crippen LogP contribution in [0.4, 0.5) is 0 Å². The lowest BCUT2D eigenvalue weighted by Crippen LogP contribution is -2.10. The zero-order chi connectivity index (χ0) is 11.8. The first-order valence-corrected chi connectivity index (χ1v) is 5.46. The Hall–Kier alpha value is -1.39. The third-order valence-corrected chi connectivity index (χ3v) is 2.09. The topological polar surface area (TPSA) is 61.3 Å². The molecule has 1 aromatic rings. The zero-order valence-electron chi connectivity index (χ0n) is 9.06. The van der Waals surface area contributed by atoms with Gasteiger partial charge in [-0.3, -0.25) is 0 Å². The van der Waals surface area contributed by atoms with Crippen LogP contribution in [0.2, 0.25) is 0 Å². The standard InChI is InChI=1S/C12H16N2OS/c13-11(8-12(14)16)6-7-15-9-10-4-2-1-3-5-10/h1-5,8H,6-7,9,13H2,(H2,14,16). The quantitative estimate of drug-likeness (QED) is 0.448. The Morgan fingerprint density at radius 2 is 1.94 bits per heavy atom. The average Bonchev–Trinajstić information content (AvgIpc) is 2.25. The zero-order valence-corrected chi connectivity index (χ0v) is 9.87. The molecule has 3 nitrogen and oxygen atoms in total. The van der Waals surface area contributed by atoms with E-state index in [1.165, 1.54) is 0 Å². The van der Waals surface area contributed by atoms with Crippen LogP contribution in [0, 0.1) is 0 Å². The Labute approximate surface area is 101 Å². The fourth-order valence-corrected chi connectivity index (χ4v) is 1.36. The lowest BCUT2D eigenvalue weighted by atomic mass is 10.2. The van der Waals surface area contributed by atoms with Crippen molar-refractivity contribution in [2.45, 2.75) is 13.0 Å². The summed E-state index contributed by atoms with van der Waals surface area (Å²) in [5.74, 6) is 0. The molecule has 0 aliphatic heterocycles. The van der Waals surface area contributed by atoms with Crippen molar-refractivity contribution in [3.63, 3.8) is 0 Å². The van der Waals surface area contributed by atoms with Crippen LogP contribution in [0.25, 0.3) is 0 Å². The molecule has 0 aromatic heterocycles. The number of rotatable bonds is 6. The SMILES string of the molecule is NC(=S)C=C(N)CCOCc1ccccc1. The normalized spacial score (nSPS) is 11.4. The lowest BCUT2D eigenvalue weighted by molar-refractivity contribution is 0.123.